The highest BCUT2D eigenvalue weighted by Gasteiger charge is 1.99. The molecule has 0 bridgehead atoms. The molecule has 19 heavy (non-hydrogen) atoms. The molecule has 0 saturated heterocycles. The average Bonchev–Trinajstić information content (AvgIpc) is 2.46. The van der Waals surface area contributed by atoms with Crippen molar-refractivity contribution in [2.75, 3.05) is 0 Å². The van der Waals surface area contributed by atoms with Gasteiger partial charge in [-0.2, -0.15) is 0 Å². The van der Waals surface area contributed by atoms with E-state index in [2.05, 4.69) is 31.0 Å². The van der Waals surface area contributed by atoms with E-state index in [-0.39, 0.29) is 0 Å². The minimum atomic E-state index is 0.762. The highest BCUT2D eigenvalue weighted by molar-refractivity contribution is 8.11. The lowest BCUT2D eigenvalue weighted by atomic mass is 10.1. The zero-order valence-electron chi connectivity index (χ0n) is 10.8. The Morgan fingerprint density at radius 1 is 1.00 bits per heavy atom. The van der Waals surface area contributed by atoms with Crippen LogP contribution in [0.2, 0.25) is 5.02 Å². The molecule has 2 aromatic rings. The van der Waals surface area contributed by atoms with Gasteiger partial charge in [-0.15, -0.1) is 0 Å². The molecule has 0 aliphatic rings. The Balaban J connectivity index is 2.06. The lowest BCUT2D eigenvalue weighted by Crippen LogP contribution is -1.79. The van der Waals surface area contributed by atoms with Crippen molar-refractivity contribution in [1.29, 1.82) is 0 Å². The molecule has 0 aliphatic heterocycles. The van der Waals surface area contributed by atoms with Gasteiger partial charge < -0.3 is 0 Å². The number of allylic oxidation sites excluding steroid dienone is 1. The van der Waals surface area contributed by atoms with Crippen LogP contribution in [-0.2, 0) is 0 Å². The fraction of sp³-hybridized carbons (Fsp3) is 0.0588. The molecule has 0 aliphatic carbocycles. The van der Waals surface area contributed by atoms with Gasteiger partial charge >= 0.3 is 0 Å². The zero-order valence-corrected chi connectivity index (χ0v) is 12.3. The van der Waals surface area contributed by atoms with Crippen molar-refractivity contribution in [3.63, 3.8) is 0 Å². The number of hydrogen-bond acceptors (Lipinski definition) is 1. The quantitative estimate of drug-likeness (QED) is 0.654. The summed E-state index contributed by atoms with van der Waals surface area (Å²) >= 11 is 7.53. The first kappa shape index (κ1) is 14.0. The summed E-state index contributed by atoms with van der Waals surface area (Å²) in [6.07, 6.45) is 0. The van der Waals surface area contributed by atoms with Crippen molar-refractivity contribution in [1.82, 2.24) is 0 Å². The number of benzene rings is 2. The van der Waals surface area contributed by atoms with Crippen LogP contribution in [0.1, 0.15) is 18.1 Å². The number of rotatable bonds is 4. The van der Waals surface area contributed by atoms with Gasteiger partial charge in [-0.3, -0.25) is 0 Å². The third-order valence-electron chi connectivity index (χ3n) is 2.77. The molecule has 0 atom stereocenters. The van der Waals surface area contributed by atoms with E-state index in [1.807, 2.05) is 42.5 Å². The standard InChI is InChI=1S/C17H15ClS/c1-13(15-8-10-17(18)11-9-15)12-19-14(2)16-6-4-3-5-7-16/h3-12H,2H2,1H3/b13-12+. The summed E-state index contributed by atoms with van der Waals surface area (Å²) in [5.74, 6) is 0. The minimum absolute atomic E-state index is 0.762. The van der Waals surface area contributed by atoms with Crippen LogP contribution < -0.4 is 0 Å². The molecule has 0 amide bonds. The molecule has 0 nitrogen and oxygen atoms in total. The van der Waals surface area contributed by atoms with E-state index in [0.29, 0.717) is 0 Å². The van der Waals surface area contributed by atoms with E-state index in [1.165, 1.54) is 11.1 Å². The molecule has 0 radical (unpaired) electrons. The summed E-state index contributed by atoms with van der Waals surface area (Å²) in [5, 5.41) is 2.89. The molecule has 0 heterocycles. The number of hydrogen-bond donors (Lipinski definition) is 0. The highest BCUT2D eigenvalue weighted by Crippen LogP contribution is 2.29. The third kappa shape index (κ3) is 4.02. The topological polar surface area (TPSA) is 0 Å². The first-order chi connectivity index (χ1) is 9.16. The molecule has 0 fully saturated rings. The van der Waals surface area contributed by atoms with E-state index in [4.69, 9.17) is 11.6 Å². The van der Waals surface area contributed by atoms with Gasteiger partial charge in [-0.05, 0) is 41.2 Å². The van der Waals surface area contributed by atoms with Gasteiger partial charge in [0.2, 0.25) is 0 Å². The third-order valence-corrected chi connectivity index (χ3v) is 4.02. The van der Waals surface area contributed by atoms with E-state index in [1.54, 1.807) is 11.8 Å². The lowest BCUT2D eigenvalue weighted by molar-refractivity contribution is 1.58. The van der Waals surface area contributed by atoms with Gasteiger partial charge in [-0.25, -0.2) is 0 Å². The second-order valence-electron chi connectivity index (χ2n) is 4.21. The maximum absolute atomic E-state index is 5.89. The monoisotopic (exact) mass is 286 g/mol. The largest absolute Gasteiger partial charge is 0.0978 e. The lowest BCUT2D eigenvalue weighted by Gasteiger charge is -2.04. The molecule has 96 valence electrons. The van der Waals surface area contributed by atoms with Crippen molar-refractivity contribution in [3.05, 3.63) is 82.7 Å². The molecule has 0 unspecified atom stereocenters. The molecule has 0 spiro atoms. The summed E-state index contributed by atoms with van der Waals surface area (Å²) in [6.45, 7) is 6.19. The molecule has 2 rings (SSSR count). The maximum Gasteiger partial charge on any atom is 0.0406 e. The molecular weight excluding hydrogens is 272 g/mol. The summed E-state index contributed by atoms with van der Waals surface area (Å²) in [6, 6.07) is 18.1. The van der Waals surface area contributed by atoms with Crippen LogP contribution in [0.25, 0.3) is 10.5 Å². The second-order valence-corrected chi connectivity index (χ2v) is 5.62. The summed E-state index contributed by atoms with van der Waals surface area (Å²) in [5.41, 5.74) is 3.55. The van der Waals surface area contributed by atoms with Crippen LogP contribution in [0.3, 0.4) is 0 Å². The van der Waals surface area contributed by atoms with Gasteiger partial charge in [0.25, 0.3) is 0 Å². The van der Waals surface area contributed by atoms with Crippen molar-refractivity contribution in [2.24, 2.45) is 0 Å². The van der Waals surface area contributed by atoms with Crippen molar-refractivity contribution < 1.29 is 0 Å². The first-order valence-corrected chi connectivity index (χ1v) is 7.26. The SMILES string of the molecule is C=C(S/C=C(\C)c1ccc(Cl)cc1)c1ccccc1. The number of halogens is 1. The van der Waals surface area contributed by atoms with Crippen LogP contribution in [0.15, 0.2) is 66.6 Å². The Kier molecular flexibility index (Phi) is 4.89. The van der Waals surface area contributed by atoms with Gasteiger partial charge in [0.05, 0.1) is 0 Å². The molecule has 0 aromatic heterocycles. The smallest absolute Gasteiger partial charge is 0.0406 e. The van der Waals surface area contributed by atoms with Crippen LogP contribution in [0, 0.1) is 0 Å². The van der Waals surface area contributed by atoms with E-state index >= 15 is 0 Å². The van der Waals surface area contributed by atoms with E-state index < -0.39 is 0 Å². The predicted molar refractivity (Wildman–Crippen MR) is 88.2 cm³/mol. The molecule has 0 N–H and O–H groups in total. The fourth-order valence-electron chi connectivity index (χ4n) is 1.63. The van der Waals surface area contributed by atoms with Crippen LogP contribution in [0.5, 0.6) is 0 Å². The van der Waals surface area contributed by atoms with Gasteiger partial charge in [0.15, 0.2) is 0 Å². The van der Waals surface area contributed by atoms with Crippen LogP contribution in [0.4, 0.5) is 0 Å². The highest BCUT2D eigenvalue weighted by atomic mass is 35.5. The van der Waals surface area contributed by atoms with Crippen LogP contribution in [-0.4, -0.2) is 0 Å². The second kappa shape index (κ2) is 6.65. The van der Waals surface area contributed by atoms with Crippen molar-refractivity contribution in [3.8, 4) is 0 Å². The van der Waals surface area contributed by atoms with Crippen molar-refractivity contribution >= 4 is 33.8 Å². The molecular formula is C17H15ClS. The van der Waals surface area contributed by atoms with Crippen LogP contribution >= 0.6 is 23.4 Å². The Hall–Kier alpha value is -1.44. The van der Waals surface area contributed by atoms with Gasteiger partial charge in [-0.1, -0.05) is 72.4 Å². The molecule has 2 heteroatoms. The Labute approximate surface area is 123 Å². The normalized spacial score (nSPS) is 11.4. The summed E-state index contributed by atoms with van der Waals surface area (Å²) < 4.78 is 0. The van der Waals surface area contributed by atoms with E-state index in [0.717, 1.165) is 15.5 Å². The predicted octanol–water partition coefficient (Wildman–Crippen LogP) is 6.10. The first-order valence-electron chi connectivity index (χ1n) is 6.00. The number of thioether (sulfide) groups is 1. The molecule has 0 saturated carbocycles. The summed E-state index contributed by atoms with van der Waals surface area (Å²) in [4.78, 5) is 1.05. The average molecular weight is 287 g/mol. The van der Waals surface area contributed by atoms with Gasteiger partial charge in [0, 0.05) is 9.93 Å². The Bertz CT molecular complexity index is 582. The summed E-state index contributed by atoms with van der Waals surface area (Å²) in [7, 11) is 0. The Morgan fingerprint density at radius 3 is 2.26 bits per heavy atom. The van der Waals surface area contributed by atoms with Crippen molar-refractivity contribution in [2.45, 2.75) is 6.92 Å². The van der Waals surface area contributed by atoms with Gasteiger partial charge in [0.1, 0.15) is 0 Å². The zero-order chi connectivity index (χ0) is 13.7. The molecule has 2 aromatic carbocycles. The minimum Gasteiger partial charge on any atom is -0.0978 e. The Morgan fingerprint density at radius 2 is 1.63 bits per heavy atom. The van der Waals surface area contributed by atoms with E-state index in [9.17, 15) is 0 Å². The maximum atomic E-state index is 5.89. The fourth-order valence-corrected chi connectivity index (χ4v) is 2.49.